The van der Waals surface area contributed by atoms with E-state index in [9.17, 15) is 10.1 Å². The molecule has 8 nitrogen and oxygen atoms in total. The second kappa shape index (κ2) is 8.09. The van der Waals surface area contributed by atoms with Crippen LogP contribution in [0.3, 0.4) is 0 Å². The van der Waals surface area contributed by atoms with Crippen LogP contribution in [0.1, 0.15) is 20.3 Å². The fourth-order valence-corrected chi connectivity index (χ4v) is 2.02. The molecular weight excluding hydrogens is 312 g/mol. The van der Waals surface area contributed by atoms with E-state index in [1.54, 1.807) is 24.3 Å². The molecule has 2 rings (SSSR count). The van der Waals surface area contributed by atoms with Crippen LogP contribution in [0, 0.1) is 16.0 Å². The molecule has 0 fully saturated rings. The number of nitrogens with one attached hydrogen (secondary N) is 1. The van der Waals surface area contributed by atoms with Gasteiger partial charge in [0, 0.05) is 6.54 Å². The number of para-hydroxylation sites is 2. The Morgan fingerprint density at radius 1 is 1.25 bits per heavy atom. The van der Waals surface area contributed by atoms with Crippen molar-refractivity contribution in [1.29, 1.82) is 0 Å². The quantitative estimate of drug-likeness (QED) is 0.582. The molecule has 0 radical (unpaired) electrons. The zero-order chi connectivity index (χ0) is 17.5. The van der Waals surface area contributed by atoms with Gasteiger partial charge in [0.25, 0.3) is 0 Å². The number of hydrogen-bond donors (Lipinski definition) is 1. The summed E-state index contributed by atoms with van der Waals surface area (Å²) in [4.78, 5) is 18.8. The first-order valence-electron chi connectivity index (χ1n) is 7.57. The summed E-state index contributed by atoms with van der Waals surface area (Å²) in [7, 11) is 1.50. The van der Waals surface area contributed by atoms with Crippen molar-refractivity contribution in [2.75, 3.05) is 19.0 Å². The molecule has 0 aliphatic heterocycles. The summed E-state index contributed by atoms with van der Waals surface area (Å²) >= 11 is 0. The minimum absolute atomic E-state index is 0.133. The molecule has 0 saturated carbocycles. The number of nitro groups is 1. The maximum absolute atomic E-state index is 11.5. The second-order valence-electron chi connectivity index (χ2n) is 5.50. The molecule has 1 aromatic heterocycles. The largest absolute Gasteiger partial charge is 0.493 e. The van der Waals surface area contributed by atoms with Gasteiger partial charge in [-0.05, 0) is 24.5 Å². The lowest BCUT2D eigenvalue weighted by atomic mass is 10.1. The van der Waals surface area contributed by atoms with Crippen LogP contribution in [-0.4, -0.2) is 28.5 Å². The van der Waals surface area contributed by atoms with Gasteiger partial charge in [0.2, 0.25) is 5.82 Å². The second-order valence-corrected chi connectivity index (χ2v) is 5.50. The van der Waals surface area contributed by atoms with Gasteiger partial charge in [-0.25, -0.2) is 4.98 Å². The number of methoxy groups -OCH3 is 1. The SMILES string of the molecule is COc1ccccc1Oc1ncnc(NCCC(C)C)c1[N+](=O)[O-]. The van der Waals surface area contributed by atoms with Gasteiger partial charge in [-0.1, -0.05) is 26.0 Å². The minimum atomic E-state index is -0.553. The molecule has 2 aromatic rings. The summed E-state index contributed by atoms with van der Waals surface area (Å²) in [6.07, 6.45) is 2.10. The predicted molar refractivity (Wildman–Crippen MR) is 89.7 cm³/mol. The van der Waals surface area contributed by atoms with Gasteiger partial charge >= 0.3 is 11.6 Å². The van der Waals surface area contributed by atoms with E-state index in [-0.39, 0.29) is 17.4 Å². The van der Waals surface area contributed by atoms with Gasteiger partial charge in [0.1, 0.15) is 6.33 Å². The molecule has 0 unspecified atom stereocenters. The van der Waals surface area contributed by atoms with Crippen molar-refractivity contribution in [3.8, 4) is 17.4 Å². The molecule has 0 atom stereocenters. The molecular formula is C16H20N4O4. The lowest BCUT2D eigenvalue weighted by Crippen LogP contribution is -2.09. The smallest absolute Gasteiger partial charge is 0.373 e. The predicted octanol–water partition coefficient (Wildman–Crippen LogP) is 3.64. The summed E-state index contributed by atoms with van der Waals surface area (Å²) in [6.45, 7) is 4.72. The molecule has 0 aliphatic carbocycles. The van der Waals surface area contributed by atoms with E-state index in [0.29, 0.717) is 24.0 Å². The number of aromatic nitrogens is 2. The molecule has 0 saturated heterocycles. The van der Waals surface area contributed by atoms with Gasteiger partial charge in [-0.15, -0.1) is 0 Å². The number of anilines is 1. The third-order valence-corrected chi connectivity index (χ3v) is 3.26. The van der Waals surface area contributed by atoms with Crippen LogP contribution in [0.15, 0.2) is 30.6 Å². The number of ether oxygens (including phenoxy) is 2. The Kier molecular flexibility index (Phi) is 5.89. The third kappa shape index (κ3) is 4.31. The molecule has 1 heterocycles. The summed E-state index contributed by atoms with van der Waals surface area (Å²) in [5, 5.41) is 14.4. The number of rotatable bonds is 8. The first-order valence-corrected chi connectivity index (χ1v) is 7.57. The molecule has 0 bridgehead atoms. The van der Waals surface area contributed by atoms with Gasteiger partial charge in [0.15, 0.2) is 11.5 Å². The summed E-state index contributed by atoms with van der Waals surface area (Å²) in [5.74, 6) is 1.28. The fraction of sp³-hybridized carbons (Fsp3) is 0.375. The highest BCUT2D eigenvalue weighted by atomic mass is 16.6. The Bertz CT molecular complexity index is 706. The van der Waals surface area contributed by atoms with Crippen LogP contribution in [0.2, 0.25) is 0 Å². The summed E-state index contributed by atoms with van der Waals surface area (Å²) in [6, 6.07) is 6.87. The van der Waals surface area contributed by atoms with E-state index < -0.39 is 4.92 Å². The van der Waals surface area contributed by atoms with E-state index in [1.165, 1.54) is 13.4 Å². The van der Waals surface area contributed by atoms with Crippen molar-refractivity contribution in [3.63, 3.8) is 0 Å². The molecule has 1 aromatic carbocycles. The Labute approximate surface area is 140 Å². The molecule has 0 aliphatic rings. The third-order valence-electron chi connectivity index (χ3n) is 3.26. The standard InChI is InChI=1S/C16H20N4O4/c1-11(2)8-9-17-15-14(20(21)22)16(19-10-18-15)24-13-7-5-4-6-12(13)23-3/h4-7,10-11H,8-9H2,1-3H3,(H,17,18,19). The normalized spacial score (nSPS) is 10.5. The van der Waals surface area contributed by atoms with Crippen LogP contribution in [0.5, 0.6) is 17.4 Å². The van der Waals surface area contributed by atoms with Crippen LogP contribution in [0.25, 0.3) is 0 Å². The van der Waals surface area contributed by atoms with Gasteiger partial charge < -0.3 is 14.8 Å². The highest BCUT2D eigenvalue weighted by Gasteiger charge is 2.25. The summed E-state index contributed by atoms with van der Waals surface area (Å²) < 4.78 is 10.8. The first-order chi connectivity index (χ1) is 11.5. The Morgan fingerprint density at radius 2 is 1.96 bits per heavy atom. The van der Waals surface area contributed by atoms with E-state index in [1.807, 2.05) is 0 Å². The van der Waals surface area contributed by atoms with E-state index in [4.69, 9.17) is 9.47 Å². The zero-order valence-corrected chi connectivity index (χ0v) is 13.9. The van der Waals surface area contributed by atoms with Crippen LogP contribution >= 0.6 is 0 Å². The van der Waals surface area contributed by atoms with E-state index in [2.05, 4.69) is 29.1 Å². The molecule has 128 valence electrons. The van der Waals surface area contributed by atoms with E-state index in [0.717, 1.165) is 6.42 Å². The van der Waals surface area contributed by atoms with Crippen molar-refractivity contribution in [1.82, 2.24) is 9.97 Å². The molecule has 0 amide bonds. The molecule has 1 N–H and O–H groups in total. The maximum atomic E-state index is 11.5. The van der Waals surface area contributed by atoms with Crippen molar-refractivity contribution in [2.45, 2.75) is 20.3 Å². The number of nitrogens with zero attached hydrogens (tertiary/aromatic N) is 3. The number of benzene rings is 1. The lowest BCUT2D eigenvalue weighted by molar-refractivity contribution is -0.385. The van der Waals surface area contributed by atoms with Crippen LogP contribution in [0.4, 0.5) is 11.5 Å². The van der Waals surface area contributed by atoms with Crippen LogP contribution < -0.4 is 14.8 Å². The van der Waals surface area contributed by atoms with E-state index >= 15 is 0 Å². The average Bonchev–Trinajstić information content (AvgIpc) is 2.55. The molecule has 24 heavy (non-hydrogen) atoms. The maximum Gasteiger partial charge on any atom is 0.373 e. The average molecular weight is 332 g/mol. The topological polar surface area (TPSA) is 99.4 Å². The van der Waals surface area contributed by atoms with Crippen molar-refractivity contribution in [3.05, 3.63) is 40.7 Å². The Balaban J connectivity index is 2.30. The van der Waals surface area contributed by atoms with Crippen molar-refractivity contribution in [2.24, 2.45) is 5.92 Å². The molecule has 8 heteroatoms. The highest BCUT2D eigenvalue weighted by molar-refractivity contribution is 5.62. The van der Waals surface area contributed by atoms with Crippen LogP contribution in [-0.2, 0) is 0 Å². The highest BCUT2D eigenvalue weighted by Crippen LogP contribution is 2.37. The Morgan fingerprint density at radius 3 is 2.58 bits per heavy atom. The fourth-order valence-electron chi connectivity index (χ4n) is 2.02. The summed E-state index contributed by atoms with van der Waals surface area (Å²) in [5.41, 5.74) is -0.299. The van der Waals surface area contributed by atoms with Gasteiger partial charge in [-0.2, -0.15) is 4.98 Å². The van der Waals surface area contributed by atoms with Gasteiger partial charge in [0.05, 0.1) is 12.0 Å². The number of hydrogen-bond acceptors (Lipinski definition) is 7. The van der Waals surface area contributed by atoms with Crippen molar-refractivity contribution < 1.29 is 14.4 Å². The molecule has 0 spiro atoms. The Hall–Kier alpha value is -2.90. The van der Waals surface area contributed by atoms with Crippen molar-refractivity contribution >= 4 is 11.5 Å². The lowest BCUT2D eigenvalue weighted by Gasteiger charge is -2.11. The zero-order valence-electron chi connectivity index (χ0n) is 13.9. The van der Waals surface area contributed by atoms with Gasteiger partial charge in [-0.3, -0.25) is 10.1 Å². The monoisotopic (exact) mass is 332 g/mol. The first kappa shape index (κ1) is 17.5. The minimum Gasteiger partial charge on any atom is -0.493 e.